The molecule has 1 atom stereocenters. The van der Waals surface area contributed by atoms with E-state index in [1.807, 2.05) is 11.9 Å². The van der Waals surface area contributed by atoms with Crippen LogP contribution >= 0.6 is 0 Å². The molecule has 0 aliphatic carbocycles. The SMILES string of the molecule is Cc1ccc(C(O)CCN(C)CCCO)cc1F. The minimum atomic E-state index is -0.642. The van der Waals surface area contributed by atoms with Crippen LogP contribution in [0.15, 0.2) is 18.2 Å². The average molecular weight is 255 g/mol. The van der Waals surface area contributed by atoms with E-state index in [9.17, 15) is 9.50 Å². The highest BCUT2D eigenvalue weighted by Gasteiger charge is 2.10. The maximum Gasteiger partial charge on any atom is 0.126 e. The molecule has 3 nitrogen and oxygen atoms in total. The molecule has 0 saturated carbocycles. The first-order valence-electron chi connectivity index (χ1n) is 6.28. The van der Waals surface area contributed by atoms with Crippen LogP contribution in [0.1, 0.15) is 30.1 Å². The second-order valence-electron chi connectivity index (χ2n) is 4.69. The second kappa shape index (κ2) is 7.46. The molecule has 0 bridgehead atoms. The van der Waals surface area contributed by atoms with Crippen molar-refractivity contribution in [1.29, 1.82) is 0 Å². The van der Waals surface area contributed by atoms with Crippen LogP contribution in [0.4, 0.5) is 4.39 Å². The van der Waals surface area contributed by atoms with Gasteiger partial charge in [0.15, 0.2) is 0 Å². The first-order valence-corrected chi connectivity index (χ1v) is 6.28. The van der Waals surface area contributed by atoms with Crippen molar-refractivity contribution in [2.75, 3.05) is 26.7 Å². The Kier molecular flexibility index (Phi) is 6.25. The molecule has 2 N–H and O–H groups in total. The minimum absolute atomic E-state index is 0.177. The standard InChI is InChI=1S/C14H22FNO2/c1-11-4-5-12(10-13(11)15)14(18)6-8-16(2)7-3-9-17/h4-5,10,14,17-18H,3,6-9H2,1-2H3. The number of hydrogen-bond acceptors (Lipinski definition) is 3. The van der Waals surface area contributed by atoms with Gasteiger partial charge >= 0.3 is 0 Å². The summed E-state index contributed by atoms with van der Waals surface area (Å²) < 4.78 is 13.4. The summed E-state index contributed by atoms with van der Waals surface area (Å²) in [5.41, 5.74) is 1.21. The Bertz CT molecular complexity index is 371. The zero-order valence-electron chi connectivity index (χ0n) is 11.1. The number of nitrogens with zero attached hydrogens (tertiary/aromatic N) is 1. The molecule has 18 heavy (non-hydrogen) atoms. The van der Waals surface area contributed by atoms with Crippen molar-refractivity contribution in [3.8, 4) is 0 Å². The van der Waals surface area contributed by atoms with E-state index in [1.165, 1.54) is 6.07 Å². The number of benzene rings is 1. The van der Waals surface area contributed by atoms with Gasteiger partial charge < -0.3 is 15.1 Å². The maximum absolute atomic E-state index is 13.4. The van der Waals surface area contributed by atoms with Crippen LogP contribution in [0, 0.1) is 12.7 Å². The number of rotatable bonds is 7. The van der Waals surface area contributed by atoms with Crippen molar-refractivity contribution < 1.29 is 14.6 Å². The highest BCUT2D eigenvalue weighted by molar-refractivity contribution is 5.24. The maximum atomic E-state index is 13.4. The van der Waals surface area contributed by atoms with Gasteiger partial charge in [-0.2, -0.15) is 0 Å². The molecule has 0 aliphatic rings. The summed E-state index contributed by atoms with van der Waals surface area (Å²) >= 11 is 0. The van der Waals surface area contributed by atoms with Gasteiger partial charge in [0, 0.05) is 19.7 Å². The van der Waals surface area contributed by atoms with Crippen LogP contribution in [0.5, 0.6) is 0 Å². The van der Waals surface area contributed by atoms with Crippen molar-refractivity contribution in [2.24, 2.45) is 0 Å². The second-order valence-corrected chi connectivity index (χ2v) is 4.69. The molecule has 0 heterocycles. The van der Waals surface area contributed by atoms with Crippen LogP contribution in [-0.2, 0) is 0 Å². The molecule has 1 unspecified atom stereocenters. The lowest BCUT2D eigenvalue weighted by atomic mass is 10.0. The average Bonchev–Trinajstić information content (AvgIpc) is 2.36. The zero-order chi connectivity index (χ0) is 13.5. The van der Waals surface area contributed by atoms with E-state index in [2.05, 4.69) is 0 Å². The van der Waals surface area contributed by atoms with Gasteiger partial charge in [-0.1, -0.05) is 12.1 Å². The fourth-order valence-corrected chi connectivity index (χ4v) is 1.78. The van der Waals surface area contributed by atoms with E-state index in [1.54, 1.807) is 19.1 Å². The van der Waals surface area contributed by atoms with Gasteiger partial charge in [0.2, 0.25) is 0 Å². The molecule has 0 radical (unpaired) electrons. The molecular weight excluding hydrogens is 233 g/mol. The van der Waals surface area contributed by atoms with Crippen molar-refractivity contribution in [3.05, 3.63) is 35.1 Å². The molecule has 0 spiro atoms. The summed E-state index contributed by atoms with van der Waals surface area (Å²) in [4.78, 5) is 2.05. The first-order chi connectivity index (χ1) is 8.54. The Morgan fingerprint density at radius 1 is 1.33 bits per heavy atom. The molecule has 0 aromatic heterocycles. The Balaban J connectivity index is 2.44. The Hall–Kier alpha value is -0.970. The molecule has 1 aromatic rings. The zero-order valence-corrected chi connectivity index (χ0v) is 11.1. The molecular formula is C14H22FNO2. The van der Waals surface area contributed by atoms with Gasteiger partial charge in [-0.3, -0.25) is 0 Å². The molecule has 4 heteroatoms. The summed E-state index contributed by atoms with van der Waals surface area (Å²) in [6.07, 6.45) is 0.646. The Morgan fingerprint density at radius 2 is 2.06 bits per heavy atom. The lowest BCUT2D eigenvalue weighted by Gasteiger charge is -2.18. The van der Waals surface area contributed by atoms with E-state index in [0.717, 1.165) is 19.5 Å². The quantitative estimate of drug-likeness (QED) is 0.781. The van der Waals surface area contributed by atoms with Crippen LogP contribution in [0.3, 0.4) is 0 Å². The monoisotopic (exact) mass is 255 g/mol. The van der Waals surface area contributed by atoms with Gasteiger partial charge in [0.1, 0.15) is 5.82 Å². The number of aliphatic hydroxyl groups excluding tert-OH is 2. The summed E-state index contributed by atoms with van der Waals surface area (Å²) in [7, 11) is 1.94. The van der Waals surface area contributed by atoms with Gasteiger partial charge in [-0.25, -0.2) is 4.39 Å². The summed E-state index contributed by atoms with van der Waals surface area (Å²) in [5, 5.41) is 18.7. The van der Waals surface area contributed by atoms with Crippen molar-refractivity contribution in [2.45, 2.75) is 25.9 Å². The number of aliphatic hydroxyl groups is 2. The van der Waals surface area contributed by atoms with Crippen LogP contribution in [-0.4, -0.2) is 41.9 Å². The van der Waals surface area contributed by atoms with Crippen molar-refractivity contribution in [1.82, 2.24) is 4.90 Å². The molecule has 1 rings (SSSR count). The Labute approximate surface area is 108 Å². The van der Waals surface area contributed by atoms with E-state index >= 15 is 0 Å². The predicted octanol–water partition coefficient (Wildman–Crippen LogP) is 1.87. The third-order valence-electron chi connectivity index (χ3n) is 3.06. The third kappa shape index (κ3) is 4.72. The fraction of sp³-hybridized carbons (Fsp3) is 0.571. The normalized spacial score (nSPS) is 13.0. The van der Waals surface area contributed by atoms with Gasteiger partial charge in [0.25, 0.3) is 0 Å². The van der Waals surface area contributed by atoms with E-state index in [-0.39, 0.29) is 12.4 Å². The predicted molar refractivity (Wildman–Crippen MR) is 69.9 cm³/mol. The fourth-order valence-electron chi connectivity index (χ4n) is 1.78. The largest absolute Gasteiger partial charge is 0.396 e. The Morgan fingerprint density at radius 3 is 2.67 bits per heavy atom. The number of halogens is 1. The summed E-state index contributed by atoms with van der Waals surface area (Å²) in [5.74, 6) is -0.278. The molecule has 0 fully saturated rings. The van der Waals surface area contributed by atoms with Gasteiger partial charge in [-0.15, -0.1) is 0 Å². The van der Waals surface area contributed by atoms with Crippen LogP contribution < -0.4 is 0 Å². The van der Waals surface area contributed by atoms with Gasteiger partial charge in [-0.05, 0) is 44.0 Å². The lowest BCUT2D eigenvalue weighted by molar-refractivity contribution is 0.146. The minimum Gasteiger partial charge on any atom is -0.396 e. The lowest BCUT2D eigenvalue weighted by Crippen LogP contribution is -2.23. The van der Waals surface area contributed by atoms with Crippen molar-refractivity contribution >= 4 is 0 Å². The first kappa shape index (κ1) is 15.1. The molecule has 1 aromatic carbocycles. The highest BCUT2D eigenvalue weighted by atomic mass is 19.1. The molecule has 0 aliphatic heterocycles. The van der Waals surface area contributed by atoms with Crippen LogP contribution in [0.2, 0.25) is 0 Å². The molecule has 0 saturated heterocycles. The topological polar surface area (TPSA) is 43.7 Å². The van der Waals surface area contributed by atoms with Crippen molar-refractivity contribution in [3.63, 3.8) is 0 Å². The molecule has 102 valence electrons. The van der Waals surface area contributed by atoms with Gasteiger partial charge in [0.05, 0.1) is 6.10 Å². The number of hydrogen-bond donors (Lipinski definition) is 2. The highest BCUT2D eigenvalue weighted by Crippen LogP contribution is 2.19. The van der Waals surface area contributed by atoms with Crippen LogP contribution in [0.25, 0.3) is 0 Å². The van der Waals surface area contributed by atoms with E-state index < -0.39 is 6.10 Å². The number of aryl methyl sites for hydroxylation is 1. The third-order valence-corrected chi connectivity index (χ3v) is 3.06. The van der Waals surface area contributed by atoms with E-state index in [4.69, 9.17) is 5.11 Å². The van der Waals surface area contributed by atoms with E-state index in [0.29, 0.717) is 17.5 Å². The summed E-state index contributed by atoms with van der Waals surface area (Å²) in [6.45, 7) is 3.40. The molecule has 0 amide bonds. The summed E-state index contributed by atoms with van der Waals surface area (Å²) in [6, 6.07) is 4.84. The smallest absolute Gasteiger partial charge is 0.126 e.